The second-order valence-corrected chi connectivity index (χ2v) is 5.98. The number of ether oxygens (including phenoxy) is 1. The molecule has 0 radical (unpaired) electrons. The molecule has 0 unspecified atom stereocenters. The van der Waals surface area contributed by atoms with Gasteiger partial charge >= 0.3 is 5.97 Å². The fourth-order valence-electron chi connectivity index (χ4n) is 2.45. The molecule has 0 aliphatic heterocycles. The quantitative estimate of drug-likeness (QED) is 0.516. The molecule has 0 atom stereocenters. The van der Waals surface area contributed by atoms with E-state index in [2.05, 4.69) is 12.2 Å². The largest absolute Gasteiger partial charge is 0.482 e. The van der Waals surface area contributed by atoms with Crippen molar-refractivity contribution in [3.05, 3.63) is 24.3 Å². The Morgan fingerprint density at radius 1 is 1.04 bits per heavy atom. The van der Waals surface area contributed by atoms with Crippen molar-refractivity contribution in [2.75, 3.05) is 11.9 Å². The molecule has 0 aliphatic carbocycles. The molecule has 2 N–H and O–H groups in total. The van der Waals surface area contributed by atoms with Gasteiger partial charge in [-0.15, -0.1) is 0 Å². The molecule has 1 aromatic rings. The van der Waals surface area contributed by atoms with Crippen molar-refractivity contribution >= 4 is 17.6 Å². The maximum atomic E-state index is 11.9. The molecule has 1 rings (SSSR count). The van der Waals surface area contributed by atoms with Crippen LogP contribution in [0, 0.1) is 0 Å². The van der Waals surface area contributed by atoms with Gasteiger partial charge in [-0.3, -0.25) is 4.79 Å². The molecule has 0 aliphatic rings. The van der Waals surface area contributed by atoms with Crippen LogP contribution < -0.4 is 10.1 Å². The van der Waals surface area contributed by atoms with E-state index in [0.29, 0.717) is 17.9 Å². The molecule has 0 spiro atoms. The lowest BCUT2D eigenvalue weighted by Gasteiger charge is -2.08. The smallest absolute Gasteiger partial charge is 0.341 e. The number of carbonyl (C=O) groups excluding carboxylic acids is 1. The Hall–Kier alpha value is -2.04. The van der Waals surface area contributed by atoms with Crippen LogP contribution in [0.2, 0.25) is 0 Å². The Balaban J connectivity index is 2.18. The van der Waals surface area contributed by atoms with Crippen LogP contribution in [-0.2, 0) is 9.59 Å². The molecule has 1 amide bonds. The summed E-state index contributed by atoms with van der Waals surface area (Å²) in [5.41, 5.74) is 0.627. The molecule has 0 fully saturated rings. The maximum absolute atomic E-state index is 11.9. The first-order valence-electron chi connectivity index (χ1n) is 8.86. The zero-order valence-electron chi connectivity index (χ0n) is 14.6. The SMILES string of the molecule is CCCCCCCCCCC(=O)Nc1cccc(OCC(=O)O)c1. The minimum absolute atomic E-state index is 0.0173. The Morgan fingerprint density at radius 3 is 2.38 bits per heavy atom. The number of benzene rings is 1. The molecular formula is C19H29NO4. The van der Waals surface area contributed by atoms with E-state index < -0.39 is 12.6 Å². The number of anilines is 1. The fourth-order valence-corrected chi connectivity index (χ4v) is 2.45. The summed E-state index contributed by atoms with van der Waals surface area (Å²) in [5.74, 6) is -0.613. The number of nitrogens with one attached hydrogen (secondary N) is 1. The van der Waals surface area contributed by atoms with Gasteiger partial charge in [-0.25, -0.2) is 4.79 Å². The van der Waals surface area contributed by atoms with Crippen molar-refractivity contribution in [3.63, 3.8) is 0 Å². The van der Waals surface area contributed by atoms with Gasteiger partial charge in [-0.05, 0) is 18.6 Å². The Bertz CT molecular complexity index is 502. The summed E-state index contributed by atoms with van der Waals surface area (Å²) in [6.07, 6.45) is 10.1. The Labute approximate surface area is 144 Å². The van der Waals surface area contributed by atoms with E-state index >= 15 is 0 Å². The second-order valence-electron chi connectivity index (χ2n) is 5.98. The van der Waals surface area contributed by atoms with Gasteiger partial charge in [0.25, 0.3) is 0 Å². The second kappa shape index (κ2) is 12.4. The fraction of sp³-hybridized carbons (Fsp3) is 0.579. The number of rotatable bonds is 13. The highest BCUT2D eigenvalue weighted by Crippen LogP contribution is 2.18. The van der Waals surface area contributed by atoms with E-state index in [1.807, 2.05) is 0 Å². The molecule has 5 heteroatoms. The zero-order valence-corrected chi connectivity index (χ0v) is 14.6. The Kier molecular flexibility index (Phi) is 10.3. The van der Waals surface area contributed by atoms with Gasteiger partial charge in [0, 0.05) is 18.2 Å². The number of aliphatic carboxylic acids is 1. The predicted molar refractivity (Wildman–Crippen MR) is 95.4 cm³/mol. The number of carbonyl (C=O) groups is 2. The van der Waals surface area contributed by atoms with Gasteiger partial charge in [0.1, 0.15) is 5.75 Å². The lowest BCUT2D eigenvalue weighted by Crippen LogP contribution is -2.12. The van der Waals surface area contributed by atoms with E-state index in [-0.39, 0.29) is 5.91 Å². The monoisotopic (exact) mass is 335 g/mol. The molecule has 0 heterocycles. The highest BCUT2D eigenvalue weighted by molar-refractivity contribution is 5.90. The number of hydrogen-bond donors (Lipinski definition) is 2. The van der Waals surface area contributed by atoms with Crippen LogP contribution >= 0.6 is 0 Å². The minimum atomic E-state index is -1.03. The molecule has 0 saturated heterocycles. The summed E-state index contributed by atoms with van der Waals surface area (Å²) in [5, 5.41) is 11.4. The van der Waals surface area contributed by atoms with Crippen molar-refractivity contribution in [2.45, 2.75) is 64.7 Å². The number of hydrogen-bond acceptors (Lipinski definition) is 3. The number of carboxylic acids is 1. The average Bonchev–Trinajstić information content (AvgIpc) is 2.56. The van der Waals surface area contributed by atoms with Crippen LogP contribution in [0.5, 0.6) is 5.75 Å². The third-order valence-corrected chi connectivity index (χ3v) is 3.74. The van der Waals surface area contributed by atoms with Gasteiger partial charge in [0.15, 0.2) is 6.61 Å². The van der Waals surface area contributed by atoms with Gasteiger partial charge in [-0.1, -0.05) is 57.9 Å². The summed E-state index contributed by atoms with van der Waals surface area (Å²) in [4.78, 5) is 22.4. The topological polar surface area (TPSA) is 75.6 Å². The average molecular weight is 335 g/mol. The standard InChI is InChI=1S/C19H29NO4/c1-2-3-4-5-6-7-8-9-13-18(21)20-16-11-10-12-17(14-16)24-15-19(22)23/h10-12,14H,2-9,13,15H2,1H3,(H,20,21)(H,22,23). The van der Waals surface area contributed by atoms with Crippen LogP contribution in [0.25, 0.3) is 0 Å². The molecule has 5 nitrogen and oxygen atoms in total. The van der Waals surface area contributed by atoms with E-state index in [9.17, 15) is 9.59 Å². The van der Waals surface area contributed by atoms with Gasteiger partial charge in [0.05, 0.1) is 0 Å². The lowest BCUT2D eigenvalue weighted by molar-refractivity contribution is -0.139. The van der Waals surface area contributed by atoms with Crippen molar-refractivity contribution in [1.82, 2.24) is 0 Å². The van der Waals surface area contributed by atoms with Gasteiger partial charge in [0.2, 0.25) is 5.91 Å². The predicted octanol–water partition coefficient (Wildman–Crippen LogP) is 4.62. The third-order valence-electron chi connectivity index (χ3n) is 3.74. The molecule has 0 aromatic heterocycles. The minimum Gasteiger partial charge on any atom is -0.482 e. The summed E-state index contributed by atoms with van der Waals surface area (Å²) < 4.78 is 5.09. The van der Waals surface area contributed by atoms with E-state index in [1.54, 1.807) is 24.3 Å². The highest BCUT2D eigenvalue weighted by atomic mass is 16.5. The van der Waals surface area contributed by atoms with Gasteiger partial charge < -0.3 is 15.2 Å². The summed E-state index contributed by atoms with van der Waals surface area (Å²) in [6, 6.07) is 6.79. The maximum Gasteiger partial charge on any atom is 0.341 e. The van der Waals surface area contributed by atoms with Crippen LogP contribution in [0.4, 0.5) is 5.69 Å². The number of unbranched alkanes of at least 4 members (excludes halogenated alkanes) is 7. The van der Waals surface area contributed by atoms with Crippen molar-refractivity contribution in [1.29, 1.82) is 0 Å². The summed E-state index contributed by atoms with van der Waals surface area (Å²) in [7, 11) is 0. The molecule has 0 saturated carbocycles. The third kappa shape index (κ3) is 9.87. The summed E-state index contributed by atoms with van der Waals surface area (Å²) in [6.45, 7) is 1.82. The van der Waals surface area contributed by atoms with Crippen LogP contribution in [0.3, 0.4) is 0 Å². The summed E-state index contributed by atoms with van der Waals surface area (Å²) >= 11 is 0. The molecular weight excluding hydrogens is 306 g/mol. The van der Waals surface area contributed by atoms with E-state index in [1.165, 1.54) is 38.5 Å². The molecule has 0 bridgehead atoms. The van der Waals surface area contributed by atoms with Crippen molar-refractivity contribution < 1.29 is 19.4 Å². The number of carboxylic acid groups (broad SMARTS) is 1. The first-order valence-corrected chi connectivity index (χ1v) is 8.86. The normalized spacial score (nSPS) is 10.4. The highest BCUT2D eigenvalue weighted by Gasteiger charge is 2.04. The van der Waals surface area contributed by atoms with Crippen LogP contribution in [0.1, 0.15) is 64.7 Å². The molecule has 134 valence electrons. The Morgan fingerprint density at radius 2 is 1.71 bits per heavy atom. The van der Waals surface area contributed by atoms with Crippen molar-refractivity contribution in [3.8, 4) is 5.75 Å². The van der Waals surface area contributed by atoms with Crippen LogP contribution in [-0.4, -0.2) is 23.6 Å². The van der Waals surface area contributed by atoms with Gasteiger partial charge in [-0.2, -0.15) is 0 Å². The lowest BCUT2D eigenvalue weighted by atomic mass is 10.1. The first-order chi connectivity index (χ1) is 11.6. The van der Waals surface area contributed by atoms with E-state index in [4.69, 9.17) is 9.84 Å². The molecule has 1 aromatic carbocycles. The zero-order chi connectivity index (χ0) is 17.6. The molecule has 24 heavy (non-hydrogen) atoms. The first kappa shape index (κ1) is 20.0. The van der Waals surface area contributed by atoms with Crippen molar-refractivity contribution in [2.24, 2.45) is 0 Å². The van der Waals surface area contributed by atoms with E-state index in [0.717, 1.165) is 12.8 Å². The van der Waals surface area contributed by atoms with Crippen LogP contribution in [0.15, 0.2) is 24.3 Å². The number of amides is 1.